The van der Waals surface area contributed by atoms with Gasteiger partial charge in [0.2, 0.25) is 5.91 Å². The van der Waals surface area contributed by atoms with E-state index in [-0.39, 0.29) is 27.4 Å². The van der Waals surface area contributed by atoms with Gasteiger partial charge >= 0.3 is 12.1 Å². The highest BCUT2D eigenvalue weighted by Gasteiger charge is 2.42. The second-order valence-corrected chi connectivity index (χ2v) is 8.24. The lowest BCUT2D eigenvalue weighted by atomic mass is 9.86. The van der Waals surface area contributed by atoms with Gasteiger partial charge in [0.1, 0.15) is 5.75 Å². The van der Waals surface area contributed by atoms with Crippen LogP contribution in [0.15, 0.2) is 12.1 Å². The number of benzene rings is 1. The van der Waals surface area contributed by atoms with Gasteiger partial charge in [0.05, 0.1) is 22.1 Å². The lowest BCUT2D eigenvalue weighted by Gasteiger charge is -2.36. The molecule has 2 saturated heterocycles. The number of nitrogens with zero attached hydrogens (tertiary/aromatic N) is 1. The molecule has 1 amide bonds. The summed E-state index contributed by atoms with van der Waals surface area (Å²) in [6.45, 7) is 2.27. The Hall–Kier alpha value is -1.55. The van der Waals surface area contributed by atoms with Gasteiger partial charge in [0, 0.05) is 25.2 Å². The Bertz CT molecular complexity index is 808. The normalized spacial score (nSPS) is 21.5. The standard InChI is InChI=1S/C19H21Cl2F3N2O4/c20-12-1-2-13(30-18(29)19(22,23)24)14(15(12)21)16(27)10-4-7-26(8-5-10)17(28)11-3-6-25-9-11/h1-2,10-11,16,25,27H,3-9H2/t11-,16-/m1/s1. The molecule has 2 aliphatic rings. The van der Waals surface area contributed by atoms with E-state index in [0.29, 0.717) is 32.5 Å². The maximum absolute atomic E-state index is 12.6. The number of halogens is 5. The Kier molecular flexibility index (Phi) is 7.16. The molecular formula is C19H21Cl2F3N2O4. The zero-order valence-electron chi connectivity index (χ0n) is 15.8. The highest BCUT2D eigenvalue weighted by molar-refractivity contribution is 6.42. The lowest BCUT2D eigenvalue weighted by molar-refractivity contribution is -0.189. The Balaban J connectivity index is 1.73. The first-order valence-electron chi connectivity index (χ1n) is 9.54. The molecule has 6 nitrogen and oxygen atoms in total. The fourth-order valence-corrected chi connectivity index (χ4v) is 4.30. The molecule has 0 aromatic heterocycles. The number of amides is 1. The van der Waals surface area contributed by atoms with Crippen LogP contribution in [-0.2, 0) is 9.59 Å². The number of hydrogen-bond acceptors (Lipinski definition) is 5. The maximum atomic E-state index is 12.6. The zero-order chi connectivity index (χ0) is 22.1. The molecule has 0 radical (unpaired) electrons. The summed E-state index contributed by atoms with van der Waals surface area (Å²) in [5.74, 6) is -3.29. The Morgan fingerprint density at radius 2 is 1.87 bits per heavy atom. The van der Waals surface area contributed by atoms with Gasteiger partial charge in [0.25, 0.3) is 0 Å². The number of aliphatic hydroxyl groups is 1. The van der Waals surface area contributed by atoms with E-state index in [4.69, 9.17) is 23.2 Å². The molecule has 2 aliphatic heterocycles. The second-order valence-electron chi connectivity index (χ2n) is 7.46. The number of likely N-dealkylation sites (tertiary alicyclic amines) is 1. The van der Waals surface area contributed by atoms with Crippen molar-refractivity contribution in [3.05, 3.63) is 27.7 Å². The topological polar surface area (TPSA) is 78.9 Å². The van der Waals surface area contributed by atoms with E-state index >= 15 is 0 Å². The Labute approximate surface area is 181 Å². The summed E-state index contributed by atoms with van der Waals surface area (Å²) in [4.78, 5) is 25.5. The molecule has 2 atom stereocenters. The third-order valence-electron chi connectivity index (χ3n) is 5.53. The van der Waals surface area contributed by atoms with Crippen molar-refractivity contribution in [2.24, 2.45) is 11.8 Å². The van der Waals surface area contributed by atoms with Crippen LogP contribution in [0.3, 0.4) is 0 Å². The van der Waals surface area contributed by atoms with Gasteiger partial charge in [0.15, 0.2) is 0 Å². The molecule has 1 aromatic rings. The summed E-state index contributed by atoms with van der Waals surface area (Å²) in [6.07, 6.45) is -4.88. The van der Waals surface area contributed by atoms with Gasteiger partial charge in [-0.05, 0) is 43.9 Å². The predicted molar refractivity (Wildman–Crippen MR) is 103 cm³/mol. The quantitative estimate of drug-likeness (QED) is 0.523. The summed E-state index contributed by atoms with van der Waals surface area (Å²) in [5, 5.41) is 13.8. The minimum atomic E-state index is -5.20. The first-order valence-corrected chi connectivity index (χ1v) is 10.3. The molecule has 0 saturated carbocycles. The molecule has 3 rings (SSSR count). The fraction of sp³-hybridized carbons (Fsp3) is 0.579. The molecule has 2 heterocycles. The molecule has 1 aromatic carbocycles. The summed E-state index contributed by atoms with van der Waals surface area (Å²) >= 11 is 12.1. The first-order chi connectivity index (χ1) is 14.1. The van der Waals surface area contributed by atoms with E-state index in [1.165, 1.54) is 6.07 Å². The van der Waals surface area contributed by atoms with Crippen molar-refractivity contribution in [2.75, 3.05) is 26.2 Å². The van der Waals surface area contributed by atoms with Crippen molar-refractivity contribution in [1.82, 2.24) is 10.2 Å². The first kappa shape index (κ1) is 23.1. The fourth-order valence-electron chi connectivity index (χ4n) is 3.87. The number of esters is 1. The monoisotopic (exact) mass is 468 g/mol. The maximum Gasteiger partial charge on any atom is 0.491 e. The van der Waals surface area contributed by atoms with Crippen LogP contribution in [0.2, 0.25) is 10.0 Å². The van der Waals surface area contributed by atoms with Crippen molar-refractivity contribution in [3.63, 3.8) is 0 Å². The molecule has 166 valence electrons. The van der Waals surface area contributed by atoms with Gasteiger partial charge in [-0.15, -0.1) is 0 Å². The van der Waals surface area contributed by atoms with Crippen LogP contribution in [0, 0.1) is 11.8 Å². The van der Waals surface area contributed by atoms with Crippen LogP contribution < -0.4 is 10.1 Å². The highest BCUT2D eigenvalue weighted by Crippen LogP contribution is 2.43. The van der Waals surface area contributed by atoms with Crippen LogP contribution in [0.25, 0.3) is 0 Å². The van der Waals surface area contributed by atoms with Crippen molar-refractivity contribution < 1.29 is 32.6 Å². The molecule has 0 bridgehead atoms. The van der Waals surface area contributed by atoms with Crippen molar-refractivity contribution in [2.45, 2.75) is 31.5 Å². The van der Waals surface area contributed by atoms with Gasteiger partial charge in [-0.2, -0.15) is 13.2 Å². The largest absolute Gasteiger partial charge is 0.491 e. The number of piperidine rings is 1. The number of hydrogen-bond donors (Lipinski definition) is 2. The summed E-state index contributed by atoms with van der Waals surface area (Å²) in [7, 11) is 0. The number of aliphatic hydroxyl groups excluding tert-OH is 1. The molecule has 11 heteroatoms. The minimum Gasteiger partial charge on any atom is -0.419 e. The SMILES string of the molecule is O=C([C@@H]1CCNC1)N1CCC([C@@H](O)c2c(OC(=O)C(F)(F)F)ccc(Cl)c2Cl)CC1. The molecule has 0 spiro atoms. The number of carbonyl (C=O) groups is 2. The summed E-state index contributed by atoms with van der Waals surface area (Å²) in [6, 6.07) is 2.26. The van der Waals surface area contributed by atoms with Crippen molar-refractivity contribution in [1.29, 1.82) is 0 Å². The van der Waals surface area contributed by atoms with Crippen LogP contribution in [0.4, 0.5) is 13.2 Å². The summed E-state index contributed by atoms with van der Waals surface area (Å²) < 4.78 is 42.3. The molecule has 30 heavy (non-hydrogen) atoms. The number of ether oxygens (including phenoxy) is 1. The van der Waals surface area contributed by atoms with Crippen LogP contribution in [0.5, 0.6) is 5.75 Å². The smallest absolute Gasteiger partial charge is 0.419 e. The average Bonchev–Trinajstić information content (AvgIpc) is 3.24. The predicted octanol–water partition coefficient (Wildman–Crippen LogP) is 3.34. The number of alkyl halides is 3. The molecule has 2 N–H and O–H groups in total. The van der Waals surface area contributed by atoms with Gasteiger partial charge in [-0.25, -0.2) is 4.79 Å². The molecular weight excluding hydrogens is 448 g/mol. The number of nitrogens with one attached hydrogen (secondary N) is 1. The van der Waals surface area contributed by atoms with Crippen LogP contribution in [-0.4, -0.2) is 54.2 Å². The van der Waals surface area contributed by atoms with Crippen molar-refractivity contribution in [3.8, 4) is 5.75 Å². The molecule has 2 fully saturated rings. The Morgan fingerprint density at radius 3 is 2.43 bits per heavy atom. The van der Waals surface area contributed by atoms with E-state index in [0.717, 1.165) is 19.0 Å². The average molecular weight is 469 g/mol. The van der Waals surface area contributed by atoms with E-state index in [1.54, 1.807) is 4.90 Å². The van der Waals surface area contributed by atoms with Crippen LogP contribution in [0.1, 0.15) is 30.9 Å². The number of rotatable bonds is 4. The highest BCUT2D eigenvalue weighted by atomic mass is 35.5. The van der Waals surface area contributed by atoms with Crippen LogP contribution >= 0.6 is 23.2 Å². The van der Waals surface area contributed by atoms with E-state index < -0.39 is 29.9 Å². The molecule has 0 unspecified atom stereocenters. The second kappa shape index (κ2) is 9.30. The van der Waals surface area contributed by atoms with E-state index in [2.05, 4.69) is 10.1 Å². The summed E-state index contributed by atoms with van der Waals surface area (Å²) in [5.41, 5.74) is -0.161. The van der Waals surface area contributed by atoms with E-state index in [9.17, 15) is 27.9 Å². The third kappa shape index (κ3) is 5.01. The van der Waals surface area contributed by atoms with Gasteiger partial charge in [-0.1, -0.05) is 23.2 Å². The molecule has 0 aliphatic carbocycles. The Morgan fingerprint density at radius 1 is 1.20 bits per heavy atom. The van der Waals surface area contributed by atoms with E-state index in [1.807, 2.05) is 0 Å². The zero-order valence-corrected chi connectivity index (χ0v) is 17.4. The van der Waals surface area contributed by atoms with Gasteiger partial charge in [-0.3, -0.25) is 4.79 Å². The van der Waals surface area contributed by atoms with Gasteiger partial charge < -0.3 is 20.1 Å². The van der Waals surface area contributed by atoms with Crippen molar-refractivity contribution >= 4 is 35.1 Å². The third-order valence-corrected chi connectivity index (χ3v) is 6.35. The lowest BCUT2D eigenvalue weighted by Crippen LogP contribution is -2.43. The minimum absolute atomic E-state index is 0.0128. The number of carbonyl (C=O) groups excluding carboxylic acids is 2.